The van der Waals surface area contributed by atoms with Crippen LogP contribution in [0.1, 0.15) is 18.2 Å². The van der Waals surface area contributed by atoms with Gasteiger partial charge in [-0.15, -0.1) is 0 Å². The fourth-order valence-corrected chi connectivity index (χ4v) is 1.93. The number of hydrogen-bond acceptors (Lipinski definition) is 4. The minimum atomic E-state index is -0.361. The van der Waals surface area contributed by atoms with E-state index < -0.39 is 0 Å². The van der Waals surface area contributed by atoms with Crippen LogP contribution < -0.4 is 10.1 Å². The molecule has 0 fully saturated rings. The average molecular weight is 275 g/mol. The number of rotatable bonds is 6. The summed E-state index contributed by atoms with van der Waals surface area (Å²) < 4.78 is 19.1. The first-order valence-corrected chi connectivity index (χ1v) is 6.60. The molecule has 5 heteroatoms. The van der Waals surface area contributed by atoms with Crippen molar-refractivity contribution < 1.29 is 9.13 Å². The summed E-state index contributed by atoms with van der Waals surface area (Å²) in [4.78, 5) is 7.83. The van der Waals surface area contributed by atoms with Crippen LogP contribution in [-0.4, -0.2) is 23.6 Å². The second-order valence-corrected chi connectivity index (χ2v) is 4.36. The van der Waals surface area contributed by atoms with E-state index in [0.29, 0.717) is 18.7 Å². The third-order valence-electron chi connectivity index (χ3n) is 3.04. The molecule has 0 bridgehead atoms. The predicted molar refractivity (Wildman–Crippen MR) is 76.6 cm³/mol. The van der Waals surface area contributed by atoms with Gasteiger partial charge in [0.05, 0.1) is 12.8 Å². The maximum atomic E-state index is 13.9. The quantitative estimate of drug-likeness (QED) is 0.880. The number of nitrogens with one attached hydrogen (secondary N) is 1. The zero-order valence-electron chi connectivity index (χ0n) is 11.7. The van der Waals surface area contributed by atoms with Gasteiger partial charge in [0.25, 0.3) is 0 Å². The van der Waals surface area contributed by atoms with Crippen LogP contribution in [0.25, 0.3) is 0 Å². The molecule has 0 saturated heterocycles. The Morgan fingerprint density at radius 1 is 1.30 bits per heavy atom. The highest BCUT2D eigenvalue weighted by molar-refractivity contribution is 5.37. The van der Waals surface area contributed by atoms with Crippen molar-refractivity contribution in [1.82, 2.24) is 9.97 Å². The van der Waals surface area contributed by atoms with Crippen molar-refractivity contribution in [2.75, 3.05) is 19.0 Å². The lowest BCUT2D eigenvalue weighted by molar-refractivity contribution is 0.414. The van der Waals surface area contributed by atoms with Crippen molar-refractivity contribution in [2.45, 2.75) is 19.8 Å². The minimum Gasteiger partial charge on any atom is -0.497 e. The summed E-state index contributed by atoms with van der Waals surface area (Å²) in [5.74, 6) is 0.726. The lowest BCUT2D eigenvalue weighted by atomic mass is 10.1. The van der Waals surface area contributed by atoms with E-state index >= 15 is 0 Å². The van der Waals surface area contributed by atoms with Crippen LogP contribution >= 0.6 is 0 Å². The summed E-state index contributed by atoms with van der Waals surface area (Å²) in [6.07, 6.45) is 2.71. The smallest absolute Gasteiger partial charge is 0.186 e. The summed E-state index contributed by atoms with van der Waals surface area (Å²) in [6, 6.07) is 7.82. The fourth-order valence-electron chi connectivity index (χ4n) is 1.93. The highest BCUT2D eigenvalue weighted by atomic mass is 19.1. The molecule has 1 heterocycles. The Morgan fingerprint density at radius 3 is 2.90 bits per heavy atom. The second-order valence-electron chi connectivity index (χ2n) is 4.36. The van der Waals surface area contributed by atoms with Gasteiger partial charge in [-0.25, -0.2) is 14.4 Å². The Morgan fingerprint density at radius 2 is 2.15 bits per heavy atom. The molecule has 0 aliphatic carbocycles. The van der Waals surface area contributed by atoms with E-state index in [-0.39, 0.29) is 11.6 Å². The maximum Gasteiger partial charge on any atom is 0.186 e. The molecule has 1 aromatic heterocycles. The van der Waals surface area contributed by atoms with Crippen molar-refractivity contribution >= 4 is 5.82 Å². The molecule has 0 radical (unpaired) electrons. The van der Waals surface area contributed by atoms with Gasteiger partial charge >= 0.3 is 0 Å². The molecule has 0 spiro atoms. The summed E-state index contributed by atoms with van der Waals surface area (Å²) in [5.41, 5.74) is 1.56. The number of aryl methyl sites for hydroxylation is 1. The number of aromatic nitrogens is 2. The molecule has 2 rings (SSSR count). The van der Waals surface area contributed by atoms with E-state index in [2.05, 4.69) is 15.3 Å². The molecule has 0 aliphatic rings. The normalized spacial score (nSPS) is 10.3. The highest BCUT2D eigenvalue weighted by Gasteiger charge is 2.08. The van der Waals surface area contributed by atoms with Gasteiger partial charge < -0.3 is 10.1 Å². The first-order chi connectivity index (χ1) is 9.74. The molecule has 0 aliphatic heterocycles. The first kappa shape index (κ1) is 14.2. The van der Waals surface area contributed by atoms with Crippen LogP contribution in [0.15, 0.2) is 30.6 Å². The molecule has 20 heavy (non-hydrogen) atoms. The summed E-state index contributed by atoms with van der Waals surface area (Å²) in [5, 5.41) is 3.01. The van der Waals surface area contributed by atoms with Gasteiger partial charge in [0.1, 0.15) is 12.1 Å². The van der Waals surface area contributed by atoms with E-state index in [1.807, 2.05) is 31.2 Å². The number of anilines is 1. The Balaban J connectivity index is 1.96. The Bertz CT molecular complexity index is 575. The number of nitrogens with zero attached hydrogens (tertiary/aromatic N) is 2. The van der Waals surface area contributed by atoms with Crippen molar-refractivity contribution in [3.8, 4) is 5.75 Å². The van der Waals surface area contributed by atoms with Crippen LogP contribution in [0.3, 0.4) is 0 Å². The number of hydrogen-bond donors (Lipinski definition) is 1. The van der Waals surface area contributed by atoms with E-state index in [4.69, 9.17) is 4.74 Å². The van der Waals surface area contributed by atoms with E-state index in [1.54, 1.807) is 7.11 Å². The van der Waals surface area contributed by atoms with Crippen LogP contribution in [-0.2, 0) is 12.8 Å². The molecule has 106 valence electrons. The molecule has 4 nitrogen and oxygen atoms in total. The second kappa shape index (κ2) is 6.84. The Labute approximate surface area is 118 Å². The first-order valence-electron chi connectivity index (χ1n) is 6.60. The number of halogens is 1. The monoisotopic (exact) mass is 275 g/mol. The summed E-state index contributed by atoms with van der Waals surface area (Å²) in [7, 11) is 1.64. The fraction of sp³-hybridized carbons (Fsp3) is 0.333. The van der Waals surface area contributed by atoms with Gasteiger partial charge in [-0.2, -0.15) is 0 Å². The largest absolute Gasteiger partial charge is 0.497 e. The Hall–Kier alpha value is -2.17. The zero-order chi connectivity index (χ0) is 14.4. The van der Waals surface area contributed by atoms with E-state index in [0.717, 1.165) is 17.7 Å². The van der Waals surface area contributed by atoms with Crippen molar-refractivity contribution in [2.24, 2.45) is 0 Å². The van der Waals surface area contributed by atoms with E-state index in [1.165, 1.54) is 6.33 Å². The third-order valence-corrected chi connectivity index (χ3v) is 3.04. The van der Waals surface area contributed by atoms with Crippen LogP contribution in [0.5, 0.6) is 5.75 Å². The molecule has 1 N–H and O–H groups in total. The minimum absolute atomic E-state index is 0.264. The number of methoxy groups -OCH3 is 1. The summed E-state index contributed by atoms with van der Waals surface area (Å²) >= 11 is 0. The third kappa shape index (κ3) is 3.44. The van der Waals surface area contributed by atoms with Gasteiger partial charge in [-0.3, -0.25) is 0 Å². The number of benzene rings is 1. The molecule has 0 amide bonds. The van der Waals surface area contributed by atoms with Gasteiger partial charge in [-0.1, -0.05) is 19.1 Å². The molecule has 0 saturated carbocycles. The Kier molecular flexibility index (Phi) is 4.87. The molecule has 1 aromatic carbocycles. The zero-order valence-corrected chi connectivity index (χ0v) is 11.7. The van der Waals surface area contributed by atoms with Crippen LogP contribution in [0.4, 0.5) is 10.2 Å². The summed E-state index contributed by atoms with van der Waals surface area (Å²) in [6.45, 7) is 2.47. The standard InChI is InChI=1S/C15H18FN3O/c1-3-13-14(16)15(19-10-18-13)17-8-7-11-5-4-6-12(9-11)20-2/h4-6,9-10H,3,7-8H2,1-2H3,(H,17,18,19). The van der Waals surface area contributed by atoms with Gasteiger partial charge in [0.2, 0.25) is 0 Å². The van der Waals surface area contributed by atoms with Crippen molar-refractivity contribution in [3.63, 3.8) is 0 Å². The lowest BCUT2D eigenvalue weighted by Gasteiger charge is -2.09. The van der Waals surface area contributed by atoms with Crippen LogP contribution in [0, 0.1) is 5.82 Å². The van der Waals surface area contributed by atoms with Gasteiger partial charge in [0.15, 0.2) is 11.6 Å². The number of ether oxygens (including phenoxy) is 1. The average Bonchev–Trinajstić information content (AvgIpc) is 2.49. The SMILES string of the molecule is CCc1ncnc(NCCc2cccc(OC)c2)c1F. The van der Waals surface area contributed by atoms with Crippen molar-refractivity contribution in [1.29, 1.82) is 0 Å². The van der Waals surface area contributed by atoms with Crippen molar-refractivity contribution in [3.05, 3.63) is 47.7 Å². The molecule has 0 atom stereocenters. The molecular formula is C15H18FN3O. The van der Waals surface area contributed by atoms with Gasteiger partial charge in [0, 0.05) is 6.54 Å². The molecule has 2 aromatic rings. The molecular weight excluding hydrogens is 257 g/mol. The predicted octanol–water partition coefficient (Wildman–Crippen LogP) is 2.84. The highest BCUT2D eigenvalue weighted by Crippen LogP contribution is 2.15. The van der Waals surface area contributed by atoms with E-state index in [9.17, 15) is 4.39 Å². The topological polar surface area (TPSA) is 47.0 Å². The lowest BCUT2D eigenvalue weighted by Crippen LogP contribution is -2.10. The van der Waals surface area contributed by atoms with Crippen LogP contribution in [0.2, 0.25) is 0 Å². The molecule has 0 unspecified atom stereocenters. The van der Waals surface area contributed by atoms with Gasteiger partial charge in [-0.05, 0) is 30.5 Å². The maximum absolute atomic E-state index is 13.9.